The van der Waals surface area contributed by atoms with Gasteiger partial charge in [0.1, 0.15) is 5.82 Å². The van der Waals surface area contributed by atoms with Crippen LogP contribution in [0.25, 0.3) is 0 Å². The molecule has 0 unspecified atom stereocenters. The Morgan fingerprint density at radius 3 is 3.05 bits per heavy atom. The van der Waals surface area contributed by atoms with E-state index in [9.17, 15) is 9.18 Å². The van der Waals surface area contributed by atoms with Crippen LogP contribution in [0, 0.1) is 5.82 Å². The highest BCUT2D eigenvalue weighted by molar-refractivity contribution is 6.31. The molecule has 104 valence electrons. The molecular formula is C15H19ClFNO. The van der Waals surface area contributed by atoms with Crippen LogP contribution in [0.3, 0.4) is 0 Å². The Bertz CT molecular complexity index is 463. The highest BCUT2D eigenvalue weighted by atomic mass is 35.5. The smallest absolute Gasteiger partial charge is 0.257 e. The maximum atomic E-state index is 13.7. The monoisotopic (exact) mass is 283 g/mol. The predicted molar refractivity (Wildman–Crippen MR) is 75.0 cm³/mol. The van der Waals surface area contributed by atoms with Crippen LogP contribution >= 0.6 is 11.6 Å². The minimum atomic E-state index is -0.490. The third-order valence-electron chi connectivity index (χ3n) is 3.69. The first-order valence-corrected chi connectivity index (χ1v) is 7.27. The van der Waals surface area contributed by atoms with Crippen molar-refractivity contribution in [2.75, 3.05) is 6.54 Å². The Kier molecular flexibility index (Phi) is 4.81. The van der Waals surface area contributed by atoms with E-state index in [0.29, 0.717) is 5.02 Å². The number of hydrogen-bond acceptors (Lipinski definition) is 1. The first-order chi connectivity index (χ1) is 9.13. The van der Waals surface area contributed by atoms with Gasteiger partial charge < -0.3 is 4.90 Å². The van der Waals surface area contributed by atoms with Gasteiger partial charge in [-0.25, -0.2) is 4.39 Å². The Hall–Kier alpha value is -1.09. The minimum absolute atomic E-state index is 0.0934. The Morgan fingerprint density at radius 2 is 2.32 bits per heavy atom. The van der Waals surface area contributed by atoms with Crippen molar-refractivity contribution in [1.29, 1.82) is 0 Å². The van der Waals surface area contributed by atoms with E-state index in [-0.39, 0.29) is 17.5 Å². The van der Waals surface area contributed by atoms with Crippen LogP contribution in [0.1, 0.15) is 49.4 Å². The zero-order valence-corrected chi connectivity index (χ0v) is 11.9. The molecule has 0 radical (unpaired) electrons. The van der Waals surface area contributed by atoms with Crippen molar-refractivity contribution < 1.29 is 9.18 Å². The number of rotatable bonds is 4. The average molecular weight is 284 g/mol. The van der Waals surface area contributed by atoms with Gasteiger partial charge in [-0.05, 0) is 37.5 Å². The third kappa shape index (κ3) is 3.27. The first kappa shape index (κ1) is 14.3. The highest BCUT2D eigenvalue weighted by Gasteiger charge is 2.30. The number of hydrogen-bond donors (Lipinski definition) is 0. The molecule has 1 aromatic carbocycles. The molecule has 0 aromatic heterocycles. The van der Waals surface area contributed by atoms with Crippen LogP contribution in [0.5, 0.6) is 0 Å². The third-order valence-corrected chi connectivity index (χ3v) is 3.92. The average Bonchev–Trinajstić information content (AvgIpc) is 2.86. The predicted octanol–water partition coefficient (Wildman–Crippen LogP) is 4.27. The summed E-state index contributed by atoms with van der Waals surface area (Å²) in [6, 6.07) is 4.40. The highest BCUT2D eigenvalue weighted by Crippen LogP contribution is 2.25. The van der Waals surface area contributed by atoms with Crippen molar-refractivity contribution in [2.24, 2.45) is 0 Å². The van der Waals surface area contributed by atoms with Gasteiger partial charge in [-0.15, -0.1) is 0 Å². The summed E-state index contributed by atoms with van der Waals surface area (Å²) < 4.78 is 13.7. The molecule has 0 N–H and O–H groups in total. The SMILES string of the molecule is CCCC[C@@H]1CCCN1C(=O)c1cc(Cl)ccc1F. The number of carbonyl (C=O) groups excluding carboxylic acids is 1. The van der Waals surface area contributed by atoms with Gasteiger partial charge in [0.25, 0.3) is 5.91 Å². The van der Waals surface area contributed by atoms with E-state index < -0.39 is 5.82 Å². The van der Waals surface area contributed by atoms with Crippen LogP contribution in [-0.2, 0) is 0 Å². The summed E-state index contributed by atoms with van der Waals surface area (Å²) in [4.78, 5) is 14.2. The zero-order valence-electron chi connectivity index (χ0n) is 11.2. The fourth-order valence-electron chi connectivity index (χ4n) is 2.66. The van der Waals surface area contributed by atoms with Gasteiger partial charge in [0.2, 0.25) is 0 Å². The maximum absolute atomic E-state index is 13.7. The molecule has 4 heteroatoms. The van der Waals surface area contributed by atoms with Crippen LogP contribution in [0.2, 0.25) is 5.02 Å². The second-order valence-electron chi connectivity index (χ2n) is 5.06. The molecule has 0 bridgehead atoms. The van der Waals surface area contributed by atoms with Crippen molar-refractivity contribution in [2.45, 2.75) is 45.1 Å². The van der Waals surface area contributed by atoms with E-state index in [1.165, 1.54) is 18.2 Å². The first-order valence-electron chi connectivity index (χ1n) is 6.89. The summed E-state index contributed by atoms with van der Waals surface area (Å²) in [7, 11) is 0. The van der Waals surface area contributed by atoms with E-state index in [0.717, 1.165) is 38.6 Å². The van der Waals surface area contributed by atoms with Crippen LogP contribution in [-0.4, -0.2) is 23.4 Å². The normalized spacial score (nSPS) is 18.9. The van der Waals surface area contributed by atoms with Gasteiger partial charge in [-0.3, -0.25) is 4.79 Å². The second kappa shape index (κ2) is 6.38. The number of unbranched alkanes of at least 4 members (excludes halogenated alkanes) is 1. The molecule has 0 aliphatic carbocycles. The van der Waals surface area contributed by atoms with Crippen molar-refractivity contribution in [1.82, 2.24) is 4.90 Å². The molecule has 1 aliphatic rings. The molecule has 1 aliphatic heterocycles. The Balaban J connectivity index is 2.16. The molecule has 1 saturated heterocycles. The van der Waals surface area contributed by atoms with E-state index in [4.69, 9.17) is 11.6 Å². The fraction of sp³-hybridized carbons (Fsp3) is 0.533. The summed E-state index contributed by atoms with van der Waals surface area (Å²) in [6.45, 7) is 2.86. The van der Waals surface area contributed by atoms with Gasteiger partial charge >= 0.3 is 0 Å². The van der Waals surface area contributed by atoms with E-state index >= 15 is 0 Å². The molecule has 1 fully saturated rings. The van der Waals surface area contributed by atoms with Gasteiger partial charge in [-0.1, -0.05) is 31.4 Å². The lowest BCUT2D eigenvalue weighted by atomic mass is 10.1. The summed E-state index contributed by atoms with van der Waals surface area (Å²) >= 11 is 5.85. The summed E-state index contributed by atoms with van der Waals surface area (Å²) in [5, 5.41) is 0.397. The largest absolute Gasteiger partial charge is 0.336 e. The quantitative estimate of drug-likeness (QED) is 0.808. The minimum Gasteiger partial charge on any atom is -0.336 e. The number of halogens is 2. The van der Waals surface area contributed by atoms with Crippen LogP contribution in [0.4, 0.5) is 4.39 Å². The molecule has 0 saturated carbocycles. The number of benzene rings is 1. The van der Waals surface area contributed by atoms with Gasteiger partial charge in [-0.2, -0.15) is 0 Å². The number of likely N-dealkylation sites (tertiary alicyclic amines) is 1. The standard InChI is InChI=1S/C15H19ClFNO/c1-2-3-5-12-6-4-9-18(12)15(19)13-10-11(16)7-8-14(13)17/h7-8,10,12H,2-6,9H2,1H3/t12-/m1/s1. The molecule has 2 rings (SSSR count). The van der Waals surface area contributed by atoms with Gasteiger partial charge in [0, 0.05) is 17.6 Å². The number of nitrogens with zero attached hydrogens (tertiary/aromatic N) is 1. The van der Waals surface area contributed by atoms with E-state index in [1.807, 2.05) is 4.90 Å². The molecule has 1 aromatic rings. The Labute approximate surface area is 118 Å². The van der Waals surface area contributed by atoms with Crippen LogP contribution < -0.4 is 0 Å². The maximum Gasteiger partial charge on any atom is 0.257 e. The number of carbonyl (C=O) groups is 1. The number of amides is 1. The topological polar surface area (TPSA) is 20.3 Å². The van der Waals surface area contributed by atoms with E-state index in [2.05, 4.69) is 6.92 Å². The van der Waals surface area contributed by atoms with Crippen molar-refractivity contribution in [3.63, 3.8) is 0 Å². The lowest BCUT2D eigenvalue weighted by Gasteiger charge is -2.25. The van der Waals surface area contributed by atoms with Gasteiger partial charge in [0.05, 0.1) is 5.56 Å². The molecule has 0 spiro atoms. The summed E-state index contributed by atoms with van der Waals surface area (Å²) in [6.07, 6.45) is 5.25. The second-order valence-corrected chi connectivity index (χ2v) is 5.50. The van der Waals surface area contributed by atoms with Crippen molar-refractivity contribution in [3.05, 3.63) is 34.6 Å². The molecule has 1 atom stereocenters. The summed E-state index contributed by atoms with van der Waals surface area (Å²) in [5.41, 5.74) is 0.0934. The van der Waals surface area contributed by atoms with Crippen molar-refractivity contribution in [3.8, 4) is 0 Å². The zero-order chi connectivity index (χ0) is 13.8. The van der Waals surface area contributed by atoms with Gasteiger partial charge in [0.15, 0.2) is 0 Å². The molecular weight excluding hydrogens is 265 g/mol. The summed E-state index contributed by atoms with van der Waals surface area (Å²) in [5.74, 6) is -0.714. The fourth-order valence-corrected chi connectivity index (χ4v) is 2.83. The van der Waals surface area contributed by atoms with Crippen molar-refractivity contribution >= 4 is 17.5 Å². The van der Waals surface area contributed by atoms with E-state index in [1.54, 1.807) is 0 Å². The lowest BCUT2D eigenvalue weighted by molar-refractivity contribution is 0.0724. The van der Waals surface area contributed by atoms with Crippen LogP contribution in [0.15, 0.2) is 18.2 Å². The lowest BCUT2D eigenvalue weighted by Crippen LogP contribution is -2.36. The molecule has 19 heavy (non-hydrogen) atoms. The molecule has 1 amide bonds. The Morgan fingerprint density at radius 1 is 1.53 bits per heavy atom. The molecule has 1 heterocycles. The molecule has 2 nitrogen and oxygen atoms in total.